The van der Waals surface area contributed by atoms with Gasteiger partial charge in [0.2, 0.25) is 5.91 Å². The molecular formula is C41H52N8O6. The average Bonchev–Trinajstić information content (AvgIpc) is 3.98. The molecule has 14 nitrogen and oxygen atoms in total. The standard InChI is InChI=1S/C41H52N8O6/c1-22(2)32(47-41(53)54-7)38(50)48-20-8-10-30(48)36-43-24(5)33(45-36)28-16-12-26(13-17-28)27-14-18-29(19-15-27)34-25(6)44-37(46-34)31-11-9-21-49(31)39(51)35(23(3)4)55-40(42)52/h12-19,22-23,30-32,35H,8-11,20-21H2,1-7H3,(H2,42,52)(H,43,45)(H,44,46)(H,47,53)/t30?,31-,32?,35-/m0/s1. The number of hydrogen-bond donors (Lipinski definition) is 4. The van der Waals surface area contributed by atoms with Gasteiger partial charge in [0.25, 0.3) is 5.91 Å². The number of nitrogens with zero attached hydrogens (tertiary/aromatic N) is 4. The number of methoxy groups -OCH3 is 1. The van der Waals surface area contributed by atoms with Crippen molar-refractivity contribution in [3.63, 3.8) is 0 Å². The summed E-state index contributed by atoms with van der Waals surface area (Å²) in [5.41, 5.74) is 12.7. The predicted octanol–water partition coefficient (Wildman–Crippen LogP) is 6.58. The number of aromatic amines is 2. The minimum Gasteiger partial charge on any atom is -0.453 e. The predicted molar refractivity (Wildman–Crippen MR) is 207 cm³/mol. The first-order valence-electron chi connectivity index (χ1n) is 19.0. The Morgan fingerprint density at radius 2 is 1.16 bits per heavy atom. The first-order valence-corrected chi connectivity index (χ1v) is 19.0. The molecule has 4 atom stereocenters. The van der Waals surface area contributed by atoms with Gasteiger partial charge in [-0.15, -0.1) is 0 Å². The number of alkyl carbamates (subject to hydrolysis) is 1. The van der Waals surface area contributed by atoms with Gasteiger partial charge < -0.3 is 40.3 Å². The van der Waals surface area contributed by atoms with E-state index in [4.69, 9.17) is 25.2 Å². The van der Waals surface area contributed by atoms with Crippen LogP contribution in [0.1, 0.15) is 88.5 Å². The van der Waals surface area contributed by atoms with Crippen molar-refractivity contribution in [2.45, 2.75) is 91.5 Å². The summed E-state index contributed by atoms with van der Waals surface area (Å²) in [5, 5.41) is 2.70. The SMILES string of the molecule is COC(=O)NC(C(=O)N1CCCC1c1nc(-c2ccc(-c3ccc(-c4nc([C@@H]5CCCN5C(=O)[C@@H](OC(N)=O)C(C)C)[nH]c4C)cc3)cc2)c(C)[nH]1)C(C)C. The summed E-state index contributed by atoms with van der Waals surface area (Å²) in [5.74, 6) is 0.711. The molecule has 0 spiro atoms. The van der Waals surface area contributed by atoms with E-state index in [2.05, 4.69) is 51.7 Å². The zero-order valence-electron chi connectivity index (χ0n) is 32.6. The van der Waals surface area contributed by atoms with Crippen LogP contribution in [-0.4, -0.2) is 86.1 Å². The summed E-state index contributed by atoms with van der Waals surface area (Å²) in [6, 6.07) is 15.3. The second-order valence-electron chi connectivity index (χ2n) is 15.2. The molecule has 0 aliphatic carbocycles. The number of hydrogen-bond acceptors (Lipinski definition) is 8. The monoisotopic (exact) mass is 752 g/mol. The van der Waals surface area contributed by atoms with Crippen molar-refractivity contribution in [2.75, 3.05) is 20.2 Å². The van der Waals surface area contributed by atoms with E-state index < -0.39 is 24.3 Å². The number of ether oxygens (including phenoxy) is 2. The van der Waals surface area contributed by atoms with E-state index in [0.717, 1.165) is 76.5 Å². The van der Waals surface area contributed by atoms with E-state index in [9.17, 15) is 19.2 Å². The fourth-order valence-electron chi connectivity index (χ4n) is 7.75. The van der Waals surface area contributed by atoms with Crippen molar-refractivity contribution in [3.05, 3.63) is 71.6 Å². The molecule has 2 aromatic carbocycles. The first kappa shape index (κ1) is 39.0. The minimum atomic E-state index is -0.962. The molecule has 4 heterocycles. The highest BCUT2D eigenvalue weighted by Gasteiger charge is 2.39. The Hall–Kier alpha value is -5.66. The number of likely N-dealkylation sites (tertiary alicyclic amines) is 2. The molecule has 6 rings (SSSR count). The number of H-pyrrole nitrogens is 2. The average molecular weight is 753 g/mol. The second kappa shape index (κ2) is 16.4. The van der Waals surface area contributed by atoms with E-state index in [0.29, 0.717) is 18.9 Å². The van der Waals surface area contributed by atoms with Crippen LogP contribution in [0.25, 0.3) is 33.6 Å². The Labute approximate surface area is 321 Å². The fourth-order valence-corrected chi connectivity index (χ4v) is 7.75. The Balaban J connectivity index is 1.15. The number of primary amides is 1. The highest BCUT2D eigenvalue weighted by molar-refractivity contribution is 5.86. The van der Waals surface area contributed by atoms with Crippen LogP contribution in [-0.2, 0) is 19.1 Å². The molecule has 14 heteroatoms. The van der Waals surface area contributed by atoms with Gasteiger partial charge in [0.15, 0.2) is 6.10 Å². The number of amides is 4. The molecule has 2 aliphatic heterocycles. The zero-order chi connectivity index (χ0) is 39.6. The topological polar surface area (TPSA) is 189 Å². The highest BCUT2D eigenvalue weighted by atomic mass is 16.6. The van der Waals surface area contributed by atoms with Crippen LogP contribution in [0, 0.1) is 25.7 Å². The normalized spacial score (nSPS) is 18.1. The van der Waals surface area contributed by atoms with Crippen molar-refractivity contribution in [2.24, 2.45) is 17.6 Å². The molecule has 4 aromatic rings. The summed E-state index contributed by atoms with van der Waals surface area (Å²) < 4.78 is 9.96. The number of carbonyl (C=O) groups is 4. The van der Waals surface area contributed by atoms with E-state index in [1.54, 1.807) is 4.90 Å². The van der Waals surface area contributed by atoms with Gasteiger partial charge in [0.1, 0.15) is 17.7 Å². The third kappa shape index (κ3) is 8.23. The first-order chi connectivity index (χ1) is 26.3. The summed E-state index contributed by atoms with van der Waals surface area (Å²) in [7, 11) is 1.29. The number of aryl methyl sites for hydroxylation is 2. The molecule has 2 aliphatic rings. The Bertz CT molecular complexity index is 2020. The number of rotatable bonds is 11. The number of imidazole rings is 2. The van der Waals surface area contributed by atoms with E-state index in [1.807, 2.05) is 58.6 Å². The van der Waals surface area contributed by atoms with E-state index in [1.165, 1.54) is 7.11 Å². The smallest absolute Gasteiger partial charge is 0.407 e. The van der Waals surface area contributed by atoms with Gasteiger partial charge in [-0.2, -0.15) is 0 Å². The van der Waals surface area contributed by atoms with Gasteiger partial charge in [0, 0.05) is 35.6 Å². The van der Waals surface area contributed by atoms with Gasteiger partial charge >= 0.3 is 12.2 Å². The molecule has 2 saturated heterocycles. The summed E-state index contributed by atoms with van der Waals surface area (Å²) in [6.07, 6.45) is 0.657. The Kier molecular flexibility index (Phi) is 11.6. The second-order valence-corrected chi connectivity index (χ2v) is 15.2. The van der Waals surface area contributed by atoms with Crippen molar-refractivity contribution < 1.29 is 28.7 Å². The Morgan fingerprint density at radius 1 is 0.727 bits per heavy atom. The van der Waals surface area contributed by atoms with Crippen molar-refractivity contribution in [3.8, 4) is 33.6 Å². The molecule has 2 aromatic heterocycles. The lowest BCUT2D eigenvalue weighted by Gasteiger charge is -2.30. The van der Waals surface area contributed by atoms with E-state index in [-0.39, 0.29) is 35.7 Å². The maximum absolute atomic E-state index is 13.6. The van der Waals surface area contributed by atoms with Crippen LogP contribution >= 0.6 is 0 Å². The lowest BCUT2D eigenvalue weighted by atomic mass is 10.0. The third-order valence-electron chi connectivity index (χ3n) is 10.6. The number of nitrogens with two attached hydrogens (primary N) is 1. The number of carbonyl (C=O) groups excluding carboxylic acids is 4. The molecular weight excluding hydrogens is 701 g/mol. The molecule has 0 bridgehead atoms. The Morgan fingerprint density at radius 3 is 1.56 bits per heavy atom. The zero-order valence-corrected chi connectivity index (χ0v) is 32.6. The quantitative estimate of drug-likeness (QED) is 0.132. The van der Waals surface area contributed by atoms with Gasteiger partial charge in [-0.3, -0.25) is 9.59 Å². The van der Waals surface area contributed by atoms with Gasteiger partial charge in [-0.25, -0.2) is 19.6 Å². The molecule has 0 saturated carbocycles. The maximum Gasteiger partial charge on any atom is 0.407 e. The number of nitrogens with one attached hydrogen (secondary N) is 3. The number of benzene rings is 2. The highest BCUT2D eigenvalue weighted by Crippen LogP contribution is 2.36. The van der Waals surface area contributed by atoms with Gasteiger partial charge in [0.05, 0.1) is 30.6 Å². The van der Waals surface area contributed by atoms with Crippen LogP contribution in [0.4, 0.5) is 9.59 Å². The molecule has 292 valence electrons. The van der Waals surface area contributed by atoms with Gasteiger partial charge in [-0.1, -0.05) is 76.2 Å². The lowest BCUT2D eigenvalue weighted by Crippen LogP contribution is -2.51. The summed E-state index contributed by atoms with van der Waals surface area (Å²) in [4.78, 5) is 70.9. The van der Waals surface area contributed by atoms with Crippen molar-refractivity contribution in [1.29, 1.82) is 0 Å². The van der Waals surface area contributed by atoms with Gasteiger partial charge in [-0.05, 0) is 62.5 Å². The molecule has 55 heavy (non-hydrogen) atoms. The summed E-state index contributed by atoms with van der Waals surface area (Å²) in [6.45, 7) is 12.6. The van der Waals surface area contributed by atoms with Crippen LogP contribution in [0.2, 0.25) is 0 Å². The minimum absolute atomic E-state index is 0.110. The maximum atomic E-state index is 13.6. The number of aromatic nitrogens is 4. The van der Waals surface area contributed by atoms with Crippen LogP contribution in [0.15, 0.2) is 48.5 Å². The fraction of sp³-hybridized carbons (Fsp3) is 0.463. The van der Waals surface area contributed by atoms with E-state index >= 15 is 0 Å². The molecule has 2 fully saturated rings. The van der Waals surface area contributed by atoms with Crippen LogP contribution < -0.4 is 11.1 Å². The lowest BCUT2D eigenvalue weighted by molar-refractivity contribution is -0.143. The van der Waals surface area contributed by atoms with Crippen LogP contribution in [0.3, 0.4) is 0 Å². The third-order valence-corrected chi connectivity index (χ3v) is 10.6. The molecule has 4 amide bonds. The largest absolute Gasteiger partial charge is 0.453 e. The summed E-state index contributed by atoms with van der Waals surface area (Å²) >= 11 is 0. The molecule has 2 unspecified atom stereocenters. The van der Waals surface area contributed by atoms with Crippen LogP contribution in [0.5, 0.6) is 0 Å². The molecule has 5 N–H and O–H groups in total. The van der Waals surface area contributed by atoms with Crippen molar-refractivity contribution in [1.82, 2.24) is 35.1 Å². The molecule has 0 radical (unpaired) electrons. The van der Waals surface area contributed by atoms with Crippen molar-refractivity contribution >= 4 is 24.0 Å².